The summed E-state index contributed by atoms with van der Waals surface area (Å²) in [6, 6.07) is 4.48. The largest absolute Gasteiger partial charge is 0.493 e. The van der Waals surface area contributed by atoms with Gasteiger partial charge in [-0.15, -0.1) is 0 Å². The van der Waals surface area contributed by atoms with Crippen molar-refractivity contribution in [1.82, 2.24) is 0 Å². The number of ether oxygens (including phenoxy) is 1. The highest BCUT2D eigenvalue weighted by Crippen LogP contribution is 2.22. The fourth-order valence-corrected chi connectivity index (χ4v) is 1.26. The maximum atomic E-state index is 11.9. The van der Waals surface area contributed by atoms with E-state index in [-0.39, 0.29) is 5.56 Å². The lowest BCUT2D eigenvalue weighted by Crippen LogP contribution is -2.22. The van der Waals surface area contributed by atoms with Crippen LogP contribution in [0.25, 0.3) is 0 Å². The fraction of sp³-hybridized carbons (Fsp3) is 0.429. The van der Waals surface area contributed by atoms with E-state index in [1.54, 1.807) is 27.7 Å². The van der Waals surface area contributed by atoms with Gasteiger partial charge in [0.05, 0.1) is 6.61 Å². The predicted octanol–water partition coefficient (Wildman–Crippen LogP) is 2.78. The van der Waals surface area contributed by atoms with Crippen LogP contribution in [0.4, 0.5) is 0 Å². The molecular weight excluding hydrogens is 248 g/mol. The zero-order chi connectivity index (χ0) is 14.5. The highest BCUT2D eigenvalue weighted by molar-refractivity contribution is 5.93. The van der Waals surface area contributed by atoms with E-state index in [0.717, 1.165) is 0 Å². The average Bonchev–Trinajstić information content (AvgIpc) is 2.35. The molecule has 0 N–H and O–H groups in total. The van der Waals surface area contributed by atoms with Gasteiger partial charge in [0.1, 0.15) is 23.2 Å². The molecule has 0 aliphatic rings. The highest BCUT2D eigenvalue weighted by Gasteiger charge is 2.20. The molecule has 0 heterocycles. The Kier molecular flexibility index (Phi) is 5.06. The Bertz CT molecular complexity index is 459. The van der Waals surface area contributed by atoms with Crippen LogP contribution in [0.2, 0.25) is 0 Å². The predicted molar refractivity (Wildman–Crippen MR) is 69.3 cm³/mol. The van der Waals surface area contributed by atoms with Gasteiger partial charge in [-0.2, -0.15) is 4.89 Å². The van der Waals surface area contributed by atoms with Crippen LogP contribution >= 0.6 is 0 Å². The first-order valence-electron chi connectivity index (χ1n) is 5.99. The minimum atomic E-state index is -0.657. The summed E-state index contributed by atoms with van der Waals surface area (Å²) in [7, 11) is 0. The third-order valence-corrected chi connectivity index (χ3v) is 2.03. The molecule has 0 bridgehead atoms. The number of carbonyl (C=O) groups is 2. The minimum absolute atomic E-state index is 0.219. The standard InChI is InChI=1S/C14H18O5/c1-5-17-12-8-10(9-15)6-7-11(12)13(16)18-19-14(2,3)4/h6-9H,5H2,1-4H3. The summed E-state index contributed by atoms with van der Waals surface area (Å²) in [5.74, 6) is -0.356. The van der Waals surface area contributed by atoms with E-state index in [0.29, 0.717) is 24.2 Å². The van der Waals surface area contributed by atoms with E-state index in [9.17, 15) is 9.59 Å². The molecule has 1 aromatic rings. The molecule has 0 radical (unpaired) electrons. The average molecular weight is 266 g/mol. The minimum Gasteiger partial charge on any atom is -0.493 e. The molecule has 0 saturated heterocycles. The Morgan fingerprint density at radius 3 is 2.53 bits per heavy atom. The molecule has 5 heteroatoms. The van der Waals surface area contributed by atoms with Crippen molar-refractivity contribution >= 4 is 12.3 Å². The summed E-state index contributed by atoms with van der Waals surface area (Å²) < 4.78 is 5.32. The Morgan fingerprint density at radius 2 is 2.00 bits per heavy atom. The van der Waals surface area contributed by atoms with Gasteiger partial charge in [0.2, 0.25) is 0 Å². The summed E-state index contributed by atoms with van der Waals surface area (Å²) >= 11 is 0. The molecule has 0 saturated carbocycles. The Labute approximate surface area is 112 Å². The molecule has 0 aliphatic heterocycles. The van der Waals surface area contributed by atoms with Crippen LogP contribution in [0.5, 0.6) is 5.75 Å². The van der Waals surface area contributed by atoms with Gasteiger partial charge in [-0.1, -0.05) is 6.07 Å². The van der Waals surface area contributed by atoms with E-state index in [2.05, 4.69) is 0 Å². The maximum Gasteiger partial charge on any atom is 0.376 e. The smallest absolute Gasteiger partial charge is 0.376 e. The second-order valence-corrected chi connectivity index (χ2v) is 4.87. The second kappa shape index (κ2) is 6.33. The van der Waals surface area contributed by atoms with Crippen molar-refractivity contribution in [2.45, 2.75) is 33.3 Å². The molecule has 0 fully saturated rings. The lowest BCUT2D eigenvalue weighted by atomic mass is 10.1. The molecule has 0 amide bonds. The molecule has 104 valence electrons. The molecule has 0 spiro atoms. The van der Waals surface area contributed by atoms with Crippen molar-refractivity contribution < 1.29 is 24.1 Å². The summed E-state index contributed by atoms with van der Waals surface area (Å²) in [6.45, 7) is 7.45. The maximum absolute atomic E-state index is 11.9. The van der Waals surface area contributed by atoms with Crippen LogP contribution in [0.15, 0.2) is 18.2 Å². The first-order chi connectivity index (χ1) is 8.87. The molecular formula is C14H18O5. The zero-order valence-electron chi connectivity index (χ0n) is 11.6. The number of carbonyl (C=O) groups excluding carboxylic acids is 2. The second-order valence-electron chi connectivity index (χ2n) is 4.87. The molecule has 0 aliphatic carbocycles. The van der Waals surface area contributed by atoms with E-state index in [4.69, 9.17) is 14.5 Å². The van der Waals surface area contributed by atoms with Crippen LogP contribution in [-0.4, -0.2) is 24.5 Å². The first-order valence-corrected chi connectivity index (χ1v) is 5.99. The fourth-order valence-electron chi connectivity index (χ4n) is 1.26. The zero-order valence-corrected chi connectivity index (χ0v) is 11.6. The normalized spacial score (nSPS) is 10.9. The van der Waals surface area contributed by atoms with Gasteiger partial charge >= 0.3 is 5.97 Å². The Hall–Kier alpha value is -1.88. The molecule has 0 unspecified atom stereocenters. The van der Waals surface area contributed by atoms with Crippen molar-refractivity contribution in [1.29, 1.82) is 0 Å². The van der Waals surface area contributed by atoms with Crippen LogP contribution in [0.1, 0.15) is 48.4 Å². The van der Waals surface area contributed by atoms with Crippen molar-refractivity contribution in [3.8, 4) is 5.75 Å². The summed E-state index contributed by atoms with van der Waals surface area (Å²) in [4.78, 5) is 32.3. The van der Waals surface area contributed by atoms with E-state index in [1.165, 1.54) is 18.2 Å². The van der Waals surface area contributed by atoms with E-state index >= 15 is 0 Å². The van der Waals surface area contributed by atoms with Crippen LogP contribution in [0.3, 0.4) is 0 Å². The number of rotatable bonds is 5. The number of hydrogen-bond donors (Lipinski definition) is 0. The van der Waals surface area contributed by atoms with Crippen LogP contribution in [-0.2, 0) is 9.78 Å². The summed E-state index contributed by atoms with van der Waals surface area (Å²) in [5, 5.41) is 0. The van der Waals surface area contributed by atoms with Crippen molar-refractivity contribution in [3.63, 3.8) is 0 Å². The molecule has 0 atom stereocenters. The third-order valence-electron chi connectivity index (χ3n) is 2.03. The quantitative estimate of drug-likeness (QED) is 0.466. The Balaban J connectivity index is 2.92. The van der Waals surface area contributed by atoms with Crippen molar-refractivity contribution in [3.05, 3.63) is 29.3 Å². The monoisotopic (exact) mass is 266 g/mol. The molecule has 1 rings (SSSR count). The highest BCUT2D eigenvalue weighted by atomic mass is 17.2. The number of benzene rings is 1. The lowest BCUT2D eigenvalue weighted by molar-refractivity contribution is -0.301. The number of hydrogen-bond acceptors (Lipinski definition) is 5. The molecule has 19 heavy (non-hydrogen) atoms. The topological polar surface area (TPSA) is 61.8 Å². The van der Waals surface area contributed by atoms with Gasteiger partial charge in [-0.05, 0) is 39.8 Å². The van der Waals surface area contributed by atoms with E-state index < -0.39 is 11.6 Å². The van der Waals surface area contributed by atoms with Gasteiger partial charge in [0, 0.05) is 5.56 Å². The Morgan fingerprint density at radius 1 is 1.32 bits per heavy atom. The summed E-state index contributed by atoms with van der Waals surface area (Å²) in [5.41, 5.74) is 0.0536. The SMILES string of the molecule is CCOc1cc(C=O)ccc1C(=O)OOC(C)(C)C. The lowest BCUT2D eigenvalue weighted by Gasteiger charge is -2.17. The van der Waals surface area contributed by atoms with Crippen LogP contribution < -0.4 is 4.74 Å². The molecule has 1 aromatic carbocycles. The van der Waals surface area contributed by atoms with Gasteiger partial charge in [0.25, 0.3) is 0 Å². The third kappa shape index (κ3) is 4.71. The van der Waals surface area contributed by atoms with Gasteiger partial charge in [0.15, 0.2) is 0 Å². The first kappa shape index (κ1) is 15.2. The number of aldehydes is 1. The van der Waals surface area contributed by atoms with Crippen molar-refractivity contribution in [2.75, 3.05) is 6.61 Å². The summed E-state index contributed by atoms with van der Waals surface area (Å²) in [6.07, 6.45) is 0.684. The van der Waals surface area contributed by atoms with Gasteiger partial charge in [-0.3, -0.25) is 9.68 Å². The molecule has 5 nitrogen and oxygen atoms in total. The molecule has 0 aromatic heterocycles. The van der Waals surface area contributed by atoms with E-state index in [1.807, 2.05) is 0 Å². The van der Waals surface area contributed by atoms with Gasteiger partial charge in [-0.25, -0.2) is 4.79 Å². The van der Waals surface area contributed by atoms with Crippen molar-refractivity contribution in [2.24, 2.45) is 0 Å². The van der Waals surface area contributed by atoms with Gasteiger partial charge < -0.3 is 4.74 Å². The van der Waals surface area contributed by atoms with Crippen LogP contribution in [0, 0.1) is 0 Å².